The highest BCUT2D eigenvalue weighted by molar-refractivity contribution is 9.10. The maximum atomic E-state index is 11.5. The van der Waals surface area contributed by atoms with Crippen molar-refractivity contribution in [2.45, 2.75) is 46.1 Å². The van der Waals surface area contributed by atoms with Crippen molar-refractivity contribution in [2.24, 2.45) is 10.6 Å². The second-order valence-corrected chi connectivity index (χ2v) is 7.97. The minimum Gasteiger partial charge on any atom is -0.262 e. The molecule has 0 fully saturated rings. The second kappa shape index (κ2) is 7.35. The summed E-state index contributed by atoms with van der Waals surface area (Å²) in [5.74, 6) is 0.242. The van der Waals surface area contributed by atoms with Gasteiger partial charge in [0.15, 0.2) is 0 Å². The van der Waals surface area contributed by atoms with Crippen LogP contribution in [0.3, 0.4) is 0 Å². The van der Waals surface area contributed by atoms with Gasteiger partial charge >= 0.3 is 0 Å². The summed E-state index contributed by atoms with van der Waals surface area (Å²) in [6.45, 7) is 8.56. The minimum atomic E-state index is -0.357. The predicted molar refractivity (Wildman–Crippen MR) is 98.5 cm³/mol. The van der Waals surface area contributed by atoms with Crippen molar-refractivity contribution < 1.29 is 0 Å². The fourth-order valence-corrected chi connectivity index (χ4v) is 3.19. The van der Waals surface area contributed by atoms with Crippen molar-refractivity contribution in [2.75, 3.05) is 0 Å². The highest BCUT2D eigenvalue weighted by Gasteiger charge is 2.30. The van der Waals surface area contributed by atoms with Crippen molar-refractivity contribution in [3.05, 3.63) is 68.8 Å². The molecule has 2 aromatic rings. The normalized spacial score (nSPS) is 14.3. The molecule has 2 rings (SSSR count). The van der Waals surface area contributed by atoms with E-state index in [0.717, 1.165) is 15.7 Å². The summed E-state index contributed by atoms with van der Waals surface area (Å²) in [5, 5.41) is 3.41. The van der Waals surface area contributed by atoms with E-state index in [-0.39, 0.29) is 17.4 Å². The Morgan fingerprint density at radius 3 is 2.30 bits per heavy atom. The number of rotatable bonds is 5. The Hall–Kier alpha value is -1.55. The molecule has 23 heavy (non-hydrogen) atoms. The number of benzene rings is 1. The van der Waals surface area contributed by atoms with Gasteiger partial charge in [-0.1, -0.05) is 54.0 Å². The van der Waals surface area contributed by atoms with Crippen LogP contribution in [0.15, 0.2) is 52.2 Å². The van der Waals surface area contributed by atoms with Crippen LogP contribution in [0, 0.1) is 17.2 Å². The summed E-state index contributed by atoms with van der Waals surface area (Å²) in [6, 6.07) is 11.8. The van der Waals surface area contributed by atoms with Gasteiger partial charge in [-0.2, -0.15) is 4.91 Å². The standard InChI is InChI=1S/C19H23BrN2O/c1-13-11-15(9-10-21-13)18(22-23)12-17(19(2,3)4)14-5-7-16(20)8-6-14/h5-11,17-18H,12H2,1-4H3. The zero-order chi connectivity index (χ0) is 17.0. The first-order chi connectivity index (χ1) is 10.8. The van der Waals surface area contributed by atoms with Gasteiger partial charge in [0.25, 0.3) is 0 Å². The largest absolute Gasteiger partial charge is 0.262 e. The third-order valence-corrected chi connectivity index (χ3v) is 4.74. The number of nitroso groups, excluding NO2 is 1. The monoisotopic (exact) mass is 374 g/mol. The fourth-order valence-electron chi connectivity index (χ4n) is 2.92. The van der Waals surface area contributed by atoms with Crippen LogP contribution >= 0.6 is 15.9 Å². The molecule has 0 saturated heterocycles. The highest BCUT2D eigenvalue weighted by atomic mass is 79.9. The molecule has 1 heterocycles. The lowest BCUT2D eigenvalue weighted by atomic mass is 9.72. The SMILES string of the molecule is Cc1cc(C(CC(c2ccc(Br)cc2)C(C)(C)C)N=O)ccn1. The maximum Gasteiger partial charge on any atom is 0.118 e. The number of aryl methyl sites for hydroxylation is 1. The molecular weight excluding hydrogens is 352 g/mol. The lowest BCUT2D eigenvalue weighted by Gasteiger charge is -2.32. The van der Waals surface area contributed by atoms with E-state index in [4.69, 9.17) is 0 Å². The Bertz CT molecular complexity index is 662. The quantitative estimate of drug-likeness (QED) is 0.586. The molecule has 0 spiro atoms. The van der Waals surface area contributed by atoms with Gasteiger partial charge in [-0.25, -0.2) is 0 Å². The molecule has 1 aromatic carbocycles. The first kappa shape index (κ1) is 17.8. The smallest absolute Gasteiger partial charge is 0.118 e. The zero-order valence-corrected chi connectivity index (χ0v) is 15.7. The van der Waals surface area contributed by atoms with Crippen molar-refractivity contribution >= 4 is 15.9 Å². The van der Waals surface area contributed by atoms with Crippen LogP contribution in [0.1, 0.15) is 56.0 Å². The Labute approximate surface area is 146 Å². The van der Waals surface area contributed by atoms with Crippen LogP contribution in [-0.2, 0) is 0 Å². The number of hydrogen-bond acceptors (Lipinski definition) is 3. The van der Waals surface area contributed by atoms with Gasteiger partial charge < -0.3 is 0 Å². The van der Waals surface area contributed by atoms with E-state index in [0.29, 0.717) is 6.42 Å². The van der Waals surface area contributed by atoms with Gasteiger partial charge in [0.05, 0.1) is 0 Å². The van der Waals surface area contributed by atoms with Crippen molar-refractivity contribution in [3.8, 4) is 0 Å². The van der Waals surface area contributed by atoms with E-state index in [1.165, 1.54) is 5.56 Å². The second-order valence-electron chi connectivity index (χ2n) is 7.06. The molecule has 0 radical (unpaired) electrons. The molecule has 0 amide bonds. The average Bonchev–Trinajstić information content (AvgIpc) is 2.48. The van der Waals surface area contributed by atoms with Crippen LogP contribution in [0.2, 0.25) is 0 Å². The molecule has 3 nitrogen and oxygen atoms in total. The molecular formula is C19H23BrN2O. The summed E-state index contributed by atoms with van der Waals surface area (Å²) in [7, 11) is 0. The zero-order valence-electron chi connectivity index (χ0n) is 14.1. The molecule has 0 bridgehead atoms. The van der Waals surface area contributed by atoms with Crippen LogP contribution < -0.4 is 0 Å². The maximum absolute atomic E-state index is 11.5. The van der Waals surface area contributed by atoms with Crippen molar-refractivity contribution in [3.63, 3.8) is 0 Å². The van der Waals surface area contributed by atoms with E-state index in [1.807, 2.05) is 31.2 Å². The van der Waals surface area contributed by atoms with Crippen molar-refractivity contribution in [1.82, 2.24) is 4.98 Å². The minimum absolute atomic E-state index is 0.0405. The Balaban J connectivity index is 2.33. The van der Waals surface area contributed by atoms with Crippen LogP contribution in [0.4, 0.5) is 0 Å². The summed E-state index contributed by atoms with van der Waals surface area (Å²) in [5.41, 5.74) is 3.13. The third-order valence-electron chi connectivity index (χ3n) is 4.21. The van der Waals surface area contributed by atoms with E-state index in [2.05, 4.69) is 59.0 Å². The number of halogens is 1. The van der Waals surface area contributed by atoms with Crippen LogP contribution in [0.5, 0.6) is 0 Å². The van der Waals surface area contributed by atoms with Gasteiger partial charge in [0, 0.05) is 16.4 Å². The molecule has 1 aromatic heterocycles. The first-order valence-corrected chi connectivity index (χ1v) is 8.61. The van der Waals surface area contributed by atoms with Gasteiger partial charge in [0.1, 0.15) is 6.04 Å². The van der Waals surface area contributed by atoms with Gasteiger partial charge in [-0.3, -0.25) is 4.98 Å². The lowest BCUT2D eigenvalue weighted by Crippen LogP contribution is -2.20. The Kier molecular flexibility index (Phi) is 5.69. The molecule has 122 valence electrons. The molecule has 4 heteroatoms. The molecule has 0 aliphatic heterocycles. The van der Waals surface area contributed by atoms with E-state index in [9.17, 15) is 4.91 Å². The molecule has 2 atom stereocenters. The topological polar surface area (TPSA) is 42.3 Å². The molecule has 0 N–H and O–H groups in total. The highest BCUT2D eigenvalue weighted by Crippen LogP contribution is 2.42. The Morgan fingerprint density at radius 2 is 1.78 bits per heavy atom. The number of nitrogens with zero attached hydrogens (tertiary/aromatic N) is 2. The summed E-state index contributed by atoms with van der Waals surface area (Å²) in [6.07, 6.45) is 2.44. The van der Waals surface area contributed by atoms with Gasteiger partial charge in [-0.15, -0.1) is 0 Å². The van der Waals surface area contributed by atoms with Crippen LogP contribution in [-0.4, -0.2) is 4.98 Å². The molecule has 0 aliphatic rings. The van der Waals surface area contributed by atoms with E-state index in [1.54, 1.807) is 6.20 Å². The lowest BCUT2D eigenvalue weighted by molar-refractivity contribution is 0.290. The Morgan fingerprint density at radius 1 is 1.13 bits per heavy atom. The van der Waals surface area contributed by atoms with E-state index < -0.39 is 0 Å². The average molecular weight is 375 g/mol. The molecule has 2 unspecified atom stereocenters. The summed E-state index contributed by atoms with van der Waals surface area (Å²) < 4.78 is 1.06. The summed E-state index contributed by atoms with van der Waals surface area (Å²) in [4.78, 5) is 15.7. The number of pyridine rings is 1. The fraction of sp³-hybridized carbons (Fsp3) is 0.421. The first-order valence-electron chi connectivity index (χ1n) is 7.81. The van der Waals surface area contributed by atoms with Gasteiger partial charge in [-0.05, 0) is 60.1 Å². The third kappa shape index (κ3) is 4.71. The molecule has 0 saturated carbocycles. The summed E-state index contributed by atoms with van der Waals surface area (Å²) >= 11 is 3.48. The predicted octanol–water partition coefficient (Wildman–Crippen LogP) is 6.18. The van der Waals surface area contributed by atoms with E-state index >= 15 is 0 Å². The number of hydrogen-bond donors (Lipinski definition) is 0. The van der Waals surface area contributed by atoms with Crippen molar-refractivity contribution in [1.29, 1.82) is 0 Å². The van der Waals surface area contributed by atoms with Crippen LogP contribution in [0.25, 0.3) is 0 Å². The molecule has 0 aliphatic carbocycles. The van der Waals surface area contributed by atoms with Gasteiger partial charge in [0.2, 0.25) is 0 Å². The number of aromatic nitrogens is 1.